The minimum atomic E-state index is 0.307. The molecule has 0 atom stereocenters. The van der Waals surface area contributed by atoms with Crippen LogP contribution in [0.4, 0.5) is 11.4 Å². The van der Waals surface area contributed by atoms with Crippen molar-refractivity contribution in [2.45, 2.75) is 35.5 Å². The van der Waals surface area contributed by atoms with Crippen molar-refractivity contribution >= 4 is 23.1 Å². The Morgan fingerprint density at radius 3 is 2.67 bits per heavy atom. The third-order valence-electron chi connectivity index (χ3n) is 3.76. The standard InChI is InChI=1S/C18H20NOS/c20-14-8-2-1-7-13-19-15-9-3-5-11-17(15)21-18-12-6-4-10-16(18)19/h3,5-6,9-12,20H,1-2,7-8,13-14H2. The number of para-hydroxylation sites is 1. The van der Waals surface area contributed by atoms with Crippen molar-refractivity contribution in [1.29, 1.82) is 0 Å². The van der Waals surface area contributed by atoms with E-state index in [2.05, 4.69) is 47.4 Å². The third kappa shape index (κ3) is 3.25. The molecule has 21 heavy (non-hydrogen) atoms. The van der Waals surface area contributed by atoms with Crippen LogP contribution < -0.4 is 4.90 Å². The maximum Gasteiger partial charge on any atom is 0.0559 e. The van der Waals surface area contributed by atoms with Gasteiger partial charge in [-0.3, -0.25) is 0 Å². The zero-order valence-electron chi connectivity index (χ0n) is 12.1. The number of anilines is 2. The molecule has 0 unspecified atom stereocenters. The van der Waals surface area contributed by atoms with Crippen molar-refractivity contribution in [1.82, 2.24) is 0 Å². The van der Waals surface area contributed by atoms with E-state index in [1.807, 2.05) is 17.8 Å². The van der Waals surface area contributed by atoms with E-state index >= 15 is 0 Å². The minimum absolute atomic E-state index is 0.307. The molecular formula is C18H20NOS. The Balaban J connectivity index is 1.78. The first-order valence-electron chi connectivity index (χ1n) is 7.55. The summed E-state index contributed by atoms with van der Waals surface area (Å²) in [6, 6.07) is 18.0. The molecule has 0 aliphatic carbocycles. The summed E-state index contributed by atoms with van der Waals surface area (Å²) in [5, 5.41) is 8.86. The van der Waals surface area contributed by atoms with E-state index in [4.69, 9.17) is 5.11 Å². The van der Waals surface area contributed by atoms with Gasteiger partial charge in [-0.1, -0.05) is 42.8 Å². The first-order valence-corrected chi connectivity index (χ1v) is 8.37. The van der Waals surface area contributed by atoms with Gasteiger partial charge in [0, 0.05) is 22.9 Å². The second-order valence-electron chi connectivity index (χ2n) is 5.25. The van der Waals surface area contributed by atoms with Crippen LogP contribution in [0.1, 0.15) is 25.7 Å². The van der Waals surface area contributed by atoms with Crippen LogP contribution in [0.25, 0.3) is 0 Å². The van der Waals surface area contributed by atoms with Gasteiger partial charge in [0.15, 0.2) is 0 Å². The molecule has 1 aliphatic heterocycles. The number of unbranched alkanes of at least 4 members (excludes halogenated alkanes) is 3. The van der Waals surface area contributed by atoms with Gasteiger partial charge in [-0.05, 0) is 43.2 Å². The number of hydrogen-bond donors (Lipinski definition) is 1. The molecule has 1 N–H and O–H groups in total. The van der Waals surface area contributed by atoms with Crippen molar-refractivity contribution in [3.05, 3.63) is 48.5 Å². The van der Waals surface area contributed by atoms with Crippen LogP contribution >= 0.6 is 11.8 Å². The molecule has 2 aromatic rings. The molecule has 2 nitrogen and oxygen atoms in total. The van der Waals surface area contributed by atoms with Crippen molar-refractivity contribution < 1.29 is 5.11 Å². The molecule has 0 spiro atoms. The van der Waals surface area contributed by atoms with Gasteiger partial charge in [0.2, 0.25) is 0 Å². The van der Waals surface area contributed by atoms with Crippen molar-refractivity contribution in [2.24, 2.45) is 0 Å². The largest absolute Gasteiger partial charge is 0.396 e. The number of nitrogens with zero attached hydrogens (tertiary/aromatic N) is 1. The van der Waals surface area contributed by atoms with Crippen molar-refractivity contribution in [2.75, 3.05) is 18.1 Å². The van der Waals surface area contributed by atoms with E-state index in [-0.39, 0.29) is 0 Å². The van der Waals surface area contributed by atoms with Gasteiger partial charge in [0.25, 0.3) is 0 Å². The van der Waals surface area contributed by atoms with Crippen LogP contribution in [0, 0.1) is 6.07 Å². The monoisotopic (exact) mass is 298 g/mol. The second-order valence-corrected chi connectivity index (χ2v) is 6.34. The molecule has 3 rings (SSSR count). The van der Waals surface area contributed by atoms with Crippen LogP contribution in [0.15, 0.2) is 52.3 Å². The highest BCUT2D eigenvalue weighted by molar-refractivity contribution is 7.99. The molecule has 109 valence electrons. The van der Waals surface area contributed by atoms with Crippen LogP contribution in [0.3, 0.4) is 0 Å². The summed E-state index contributed by atoms with van der Waals surface area (Å²) in [6.45, 7) is 1.33. The van der Waals surface area contributed by atoms with Crippen LogP contribution in [-0.4, -0.2) is 18.3 Å². The fourth-order valence-electron chi connectivity index (χ4n) is 2.70. The molecule has 0 saturated carbocycles. The van der Waals surface area contributed by atoms with Gasteiger partial charge in [0.1, 0.15) is 0 Å². The van der Waals surface area contributed by atoms with E-state index < -0.39 is 0 Å². The van der Waals surface area contributed by atoms with Crippen LogP contribution in [-0.2, 0) is 0 Å². The second kappa shape index (κ2) is 7.01. The molecule has 0 fully saturated rings. The molecule has 1 heterocycles. The van der Waals surface area contributed by atoms with E-state index in [1.54, 1.807) is 0 Å². The van der Waals surface area contributed by atoms with Gasteiger partial charge in [-0.15, -0.1) is 0 Å². The fourth-order valence-corrected chi connectivity index (χ4v) is 3.77. The predicted octanol–water partition coefficient (Wildman–Crippen LogP) is 4.64. The fraction of sp³-hybridized carbons (Fsp3) is 0.333. The minimum Gasteiger partial charge on any atom is -0.396 e. The van der Waals surface area contributed by atoms with E-state index in [1.165, 1.54) is 21.2 Å². The summed E-state index contributed by atoms with van der Waals surface area (Å²) in [5.74, 6) is 0. The number of rotatable bonds is 6. The van der Waals surface area contributed by atoms with Crippen molar-refractivity contribution in [3.63, 3.8) is 0 Å². The molecule has 0 aromatic heterocycles. The Bertz CT molecular complexity index is 554. The van der Waals surface area contributed by atoms with Gasteiger partial charge in [-0.25, -0.2) is 0 Å². The molecular weight excluding hydrogens is 278 g/mol. The van der Waals surface area contributed by atoms with Gasteiger partial charge < -0.3 is 10.0 Å². The van der Waals surface area contributed by atoms with Gasteiger partial charge in [-0.2, -0.15) is 0 Å². The Labute approximate surface area is 130 Å². The number of fused-ring (bicyclic) bond motifs is 2. The lowest BCUT2D eigenvalue weighted by Crippen LogP contribution is -2.21. The summed E-state index contributed by atoms with van der Waals surface area (Å²) < 4.78 is 0. The van der Waals surface area contributed by atoms with Crippen LogP contribution in [0.2, 0.25) is 0 Å². The molecule has 2 aromatic carbocycles. The highest BCUT2D eigenvalue weighted by Gasteiger charge is 2.21. The molecule has 1 aliphatic rings. The van der Waals surface area contributed by atoms with Crippen molar-refractivity contribution in [3.8, 4) is 0 Å². The maximum atomic E-state index is 8.86. The molecule has 1 radical (unpaired) electrons. The highest BCUT2D eigenvalue weighted by atomic mass is 32.2. The number of hydrogen-bond acceptors (Lipinski definition) is 3. The first kappa shape index (κ1) is 14.5. The Morgan fingerprint density at radius 2 is 1.76 bits per heavy atom. The summed E-state index contributed by atoms with van der Waals surface area (Å²) in [5.41, 5.74) is 2.57. The first-order chi connectivity index (χ1) is 10.4. The normalized spacial score (nSPS) is 12.9. The lowest BCUT2D eigenvalue weighted by Gasteiger charge is -2.32. The summed E-state index contributed by atoms with van der Waals surface area (Å²) in [6.07, 6.45) is 4.33. The molecule has 0 saturated heterocycles. The van der Waals surface area contributed by atoms with E-state index in [9.17, 15) is 0 Å². The lowest BCUT2D eigenvalue weighted by atomic mass is 10.1. The topological polar surface area (TPSA) is 23.5 Å². The summed E-state index contributed by atoms with van der Waals surface area (Å²) in [4.78, 5) is 5.05. The molecule has 0 amide bonds. The predicted molar refractivity (Wildman–Crippen MR) is 88.4 cm³/mol. The maximum absolute atomic E-state index is 8.86. The Kier molecular flexibility index (Phi) is 4.84. The Hall–Kier alpha value is -1.45. The highest BCUT2D eigenvalue weighted by Crippen LogP contribution is 2.47. The number of aliphatic hydroxyl groups is 1. The van der Waals surface area contributed by atoms with Crippen LogP contribution in [0.5, 0.6) is 0 Å². The summed E-state index contributed by atoms with van der Waals surface area (Å²) in [7, 11) is 0. The molecule has 3 heteroatoms. The van der Waals surface area contributed by atoms with Gasteiger partial charge >= 0.3 is 0 Å². The molecule has 0 bridgehead atoms. The number of aliphatic hydroxyl groups excluding tert-OH is 1. The SMILES string of the molecule is OCCCCCCN1c2c[c]ccc2Sc2ccccc21. The zero-order chi connectivity index (χ0) is 14.5. The average molecular weight is 298 g/mol. The van der Waals surface area contributed by atoms with E-state index in [0.29, 0.717) is 6.61 Å². The van der Waals surface area contributed by atoms with Gasteiger partial charge in [0.05, 0.1) is 11.4 Å². The quantitative estimate of drug-likeness (QED) is 0.786. The number of benzene rings is 2. The smallest absolute Gasteiger partial charge is 0.0559 e. The average Bonchev–Trinajstić information content (AvgIpc) is 2.53. The third-order valence-corrected chi connectivity index (χ3v) is 4.89. The zero-order valence-corrected chi connectivity index (χ0v) is 12.9. The lowest BCUT2D eigenvalue weighted by molar-refractivity contribution is 0.282. The summed E-state index contributed by atoms with van der Waals surface area (Å²) >= 11 is 1.84. The van der Waals surface area contributed by atoms with E-state index in [0.717, 1.165) is 32.2 Å². The Morgan fingerprint density at radius 1 is 0.952 bits per heavy atom.